The first-order valence-corrected chi connectivity index (χ1v) is 11.2. The quantitative estimate of drug-likeness (QED) is 0.582. The van der Waals surface area contributed by atoms with Gasteiger partial charge >= 0.3 is 6.18 Å². The predicted octanol–water partition coefficient (Wildman–Crippen LogP) is 1.23. The highest BCUT2D eigenvalue weighted by molar-refractivity contribution is 7.87. The van der Waals surface area contributed by atoms with Crippen LogP contribution in [0.3, 0.4) is 0 Å². The maximum atomic E-state index is 12.1. The number of hydrogen-bond acceptors (Lipinski definition) is 6. The Balaban J connectivity index is 1.78. The zero-order chi connectivity index (χ0) is 21.0. The van der Waals surface area contributed by atoms with E-state index in [1.807, 2.05) is 6.92 Å². The Kier molecular flexibility index (Phi) is 7.44. The van der Waals surface area contributed by atoms with E-state index in [0.29, 0.717) is 0 Å². The van der Waals surface area contributed by atoms with Gasteiger partial charge in [-0.25, -0.2) is 0 Å². The van der Waals surface area contributed by atoms with Gasteiger partial charge in [-0.15, -0.1) is 0 Å². The molecule has 0 aromatic heterocycles. The first-order valence-electron chi connectivity index (χ1n) is 8.28. The predicted molar refractivity (Wildman–Crippen MR) is 93.2 cm³/mol. The summed E-state index contributed by atoms with van der Waals surface area (Å²) in [6.45, 7) is -0.229. The Morgan fingerprint density at radius 2 is 1.79 bits per heavy atom. The van der Waals surface area contributed by atoms with Gasteiger partial charge in [-0.3, -0.25) is 4.18 Å². The van der Waals surface area contributed by atoms with Crippen LogP contribution in [0.1, 0.15) is 18.4 Å². The average molecular weight is 446 g/mol. The van der Waals surface area contributed by atoms with Gasteiger partial charge in [0.1, 0.15) is 6.54 Å². The summed E-state index contributed by atoms with van der Waals surface area (Å²) in [5.74, 6) is 0. The SMILES string of the molecule is Cc1ccc(S(=O)(=O)OC[C@@H]2CC[C@@H](NS(=O)(=O)NCC(F)(F)F)CO2)cc1. The minimum atomic E-state index is -4.66. The molecule has 1 saturated heterocycles. The number of alkyl halides is 3. The summed E-state index contributed by atoms with van der Waals surface area (Å²) in [6, 6.07) is 5.39. The number of ether oxygens (including phenoxy) is 1. The molecule has 1 aromatic rings. The fourth-order valence-electron chi connectivity index (χ4n) is 2.41. The molecule has 8 nitrogen and oxygen atoms in total. The van der Waals surface area contributed by atoms with E-state index in [4.69, 9.17) is 8.92 Å². The van der Waals surface area contributed by atoms with Crippen molar-refractivity contribution in [3.63, 3.8) is 0 Å². The molecule has 1 aliphatic heterocycles. The van der Waals surface area contributed by atoms with Crippen molar-refractivity contribution in [3.05, 3.63) is 29.8 Å². The number of benzene rings is 1. The molecule has 1 aromatic carbocycles. The summed E-state index contributed by atoms with van der Waals surface area (Å²) in [5, 5.41) is 0. The smallest absolute Gasteiger partial charge is 0.374 e. The fourth-order valence-corrected chi connectivity index (χ4v) is 4.40. The molecule has 0 unspecified atom stereocenters. The Hall–Kier alpha value is -1.25. The van der Waals surface area contributed by atoms with E-state index >= 15 is 0 Å². The van der Waals surface area contributed by atoms with E-state index in [1.54, 1.807) is 12.1 Å². The first kappa shape index (κ1) is 23.0. The molecule has 1 heterocycles. The number of rotatable bonds is 8. The van der Waals surface area contributed by atoms with Crippen molar-refractivity contribution in [3.8, 4) is 0 Å². The highest BCUT2D eigenvalue weighted by Crippen LogP contribution is 2.19. The highest BCUT2D eigenvalue weighted by Gasteiger charge is 2.31. The standard InChI is InChI=1S/C15H21F3N2O6S2/c1-11-2-6-14(7-3-11)27(21,22)26-9-13-5-4-12(8-25-13)20-28(23,24)19-10-15(16,17)18/h2-3,6-7,12-13,19-20H,4-5,8-10H2,1H3/t12-,13+/m1/s1. The maximum Gasteiger partial charge on any atom is 0.402 e. The van der Waals surface area contributed by atoms with Crippen molar-refractivity contribution >= 4 is 20.3 Å². The van der Waals surface area contributed by atoms with Crippen molar-refractivity contribution in [1.82, 2.24) is 9.44 Å². The summed E-state index contributed by atoms with van der Waals surface area (Å²) >= 11 is 0. The van der Waals surface area contributed by atoms with Crippen molar-refractivity contribution in [2.24, 2.45) is 0 Å². The molecule has 0 spiro atoms. The van der Waals surface area contributed by atoms with Gasteiger partial charge < -0.3 is 4.74 Å². The molecule has 1 fully saturated rings. The lowest BCUT2D eigenvalue weighted by Crippen LogP contribution is -2.49. The largest absolute Gasteiger partial charge is 0.402 e. The molecule has 1 aliphatic rings. The molecule has 160 valence electrons. The third-order valence-corrected chi connectivity index (χ3v) is 6.34. The molecule has 2 rings (SSSR count). The van der Waals surface area contributed by atoms with Crippen LogP contribution in [0.4, 0.5) is 13.2 Å². The molecule has 0 bridgehead atoms. The number of nitrogens with one attached hydrogen (secondary N) is 2. The molecule has 0 radical (unpaired) electrons. The summed E-state index contributed by atoms with van der Waals surface area (Å²) in [7, 11) is -8.28. The van der Waals surface area contributed by atoms with Crippen molar-refractivity contribution in [2.75, 3.05) is 19.8 Å². The second-order valence-corrected chi connectivity index (χ2v) is 9.49. The zero-order valence-electron chi connectivity index (χ0n) is 14.9. The average Bonchev–Trinajstić information content (AvgIpc) is 2.59. The van der Waals surface area contributed by atoms with E-state index < -0.39 is 45.2 Å². The first-order chi connectivity index (χ1) is 12.9. The fraction of sp³-hybridized carbons (Fsp3) is 0.600. The number of aryl methyl sites for hydroxylation is 1. The van der Waals surface area contributed by atoms with E-state index in [2.05, 4.69) is 4.72 Å². The molecule has 2 N–H and O–H groups in total. The van der Waals surface area contributed by atoms with Gasteiger partial charge in [-0.2, -0.15) is 39.5 Å². The van der Waals surface area contributed by atoms with Crippen LogP contribution in [-0.4, -0.2) is 54.9 Å². The van der Waals surface area contributed by atoms with E-state index in [9.17, 15) is 30.0 Å². The van der Waals surface area contributed by atoms with Crippen LogP contribution in [0, 0.1) is 6.92 Å². The highest BCUT2D eigenvalue weighted by atomic mass is 32.2. The molecular weight excluding hydrogens is 425 g/mol. The second kappa shape index (κ2) is 9.05. The van der Waals surface area contributed by atoms with Gasteiger partial charge in [0.05, 0.1) is 24.2 Å². The Labute approximate surface area is 161 Å². The molecule has 28 heavy (non-hydrogen) atoms. The van der Waals surface area contributed by atoms with Crippen LogP contribution in [0.15, 0.2) is 29.2 Å². The summed E-state index contributed by atoms with van der Waals surface area (Å²) in [5.41, 5.74) is 0.896. The van der Waals surface area contributed by atoms with Crippen LogP contribution in [0.25, 0.3) is 0 Å². The topological polar surface area (TPSA) is 111 Å². The third kappa shape index (κ3) is 7.64. The molecular formula is C15H21F3N2O6S2. The van der Waals surface area contributed by atoms with E-state index in [1.165, 1.54) is 16.9 Å². The molecule has 0 saturated carbocycles. The minimum Gasteiger partial charge on any atom is -0.374 e. The zero-order valence-corrected chi connectivity index (χ0v) is 16.5. The second-order valence-electron chi connectivity index (χ2n) is 6.34. The van der Waals surface area contributed by atoms with Crippen LogP contribution < -0.4 is 9.44 Å². The minimum absolute atomic E-state index is 0.00952. The summed E-state index contributed by atoms with van der Waals surface area (Å²) in [4.78, 5) is 0.00952. The lowest BCUT2D eigenvalue weighted by Gasteiger charge is -2.29. The summed E-state index contributed by atoms with van der Waals surface area (Å²) < 4.78 is 97.5. The number of halogens is 3. The van der Waals surface area contributed by atoms with Gasteiger partial charge in [0.2, 0.25) is 0 Å². The van der Waals surface area contributed by atoms with Crippen LogP contribution >= 0.6 is 0 Å². The Morgan fingerprint density at radius 3 is 2.32 bits per heavy atom. The monoisotopic (exact) mass is 446 g/mol. The van der Waals surface area contributed by atoms with Crippen molar-refractivity contribution in [2.45, 2.75) is 43.0 Å². The van der Waals surface area contributed by atoms with Gasteiger partial charge in [0, 0.05) is 6.04 Å². The van der Waals surface area contributed by atoms with Gasteiger partial charge in [0.15, 0.2) is 0 Å². The third-order valence-electron chi connectivity index (χ3n) is 3.87. The van der Waals surface area contributed by atoms with E-state index in [-0.39, 0.29) is 31.0 Å². The maximum absolute atomic E-state index is 12.1. The van der Waals surface area contributed by atoms with Gasteiger partial charge in [-0.05, 0) is 31.9 Å². The summed E-state index contributed by atoms with van der Waals surface area (Å²) in [6.07, 6.45) is -4.71. The van der Waals surface area contributed by atoms with Crippen molar-refractivity contribution < 1.29 is 38.9 Å². The van der Waals surface area contributed by atoms with Gasteiger partial charge in [-0.1, -0.05) is 17.7 Å². The normalized spacial score (nSPS) is 21.6. The van der Waals surface area contributed by atoms with Crippen LogP contribution in [0.2, 0.25) is 0 Å². The molecule has 0 amide bonds. The Bertz CT molecular complexity index is 849. The lowest BCUT2D eigenvalue weighted by molar-refractivity contribution is -0.121. The van der Waals surface area contributed by atoms with Crippen molar-refractivity contribution in [1.29, 1.82) is 0 Å². The number of hydrogen-bond donors (Lipinski definition) is 2. The van der Waals surface area contributed by atoms with Crippen LogP contribution in [0.5, 0.6) is 0 Å². The molecule has 13 heteroatoms. The van der Waals surface area contributed by atoms with E-state index in [0.717, 1.165) is 5.56 Å². The lowest BCUT2D eigenvalue weighted by atomic mass is 10.1. The van der Waals surface area contributed by atoms with Crippen LogP contribution in [-0.2, 0) is 29.2 Å². The molecule has 0 aliphatic carbocycles. The van der Waals surface area contributed by atoms with Gasteiger partial charge in [0.25, 0.3) is 20.3 Å². The Morgan fingerprint density at radius 1 is 1.14 bits per heavy atom. The molecule has 2 atom stereocenters.